The van der Waals surface area contributed by atoms with Crippen molar-refractivity contribution in [2.24, 2.45) is 7.05 Å². The summed E-state index contributed by atoms with van der Waals surface area (Å²) in [6.45, 7) is 0.443. The number of pyridine rings is 1. The van der Waals surface area contributed by atoms with Gasteiger partial charge in [-0.15, -0.1) is 0 Å². The Morgan fingerprint density at radius 3 is 2.55 bits per heavy atom. The van der Waals surface area contributed by atoms with Crippen molar-refractivity contribution < 1.29 is 9.59 Å². The Kier molecular flexibility index (Phi) is 6.83. The summed E-state index contributed by atoms with van der Waals surface area (Å²) in [6.07, 6.45) is 4.89. The molecule has 2 heterocycles. The highest BCUT2D eigenvalue weighted by Gasteiger charge is 2.24. The molecule has 6 heteroatoms. The molecule has 168 valence electrons. The van der Waals surface area contributed by atoms with Crippen LogP contribution in [0.2, 0.25) is 0 Å². The zero-order chi connectivity index (χ0) is 23.2. The molecule has 0 fully saturated rings. The number of rotatable bonds is 8. The van der Waals surface area contributed by atoms with E-state index in [4.69, 9.17) is 0 Å². The first-order chi connectivity index (χ1) is 16.0. The van der Waals surface area contributed by atoms with Crippen molar-refractivity contribution in [3.8, 4) is 0 Å². The quantitative estimate of drug-likeness (QED) is 0.449. The Labute approximate surface area is 193 Å². The molecule has 2 amide bonds. The van der Waals surface area contributed by atoms with Crippen molar-refractivity contribution in [2.75, 3.05) is 13.6 Å². The van der Waals surface area contributed by atoms with Crippen LogP contribution < -0.4 is 5.32 Å². The summed E-state index contributed by atoms with van der Waals surface area (Å²) in [7, 11) is 3.80. The van der Waals surface area contributed by atoms with Gasteiger partial charge in [0.1, 0.15) is 5.69 Å². The van der Waals surface area contributed by atoms with Crippen LogP contribution in [0, 0.1) is 0 Å². The predicted octanol–water partition coefficient (Wildman–Crippen LogP) is 4.08. The number of aromatic nitrogens is 2. The van der Waals surface area contributed by atoms with Gasteiger partial charge in [-0.2, -0.15) is 0 Å². The molecular weight excluding hydrogens is 412 g/mol. The Hall–Kier alpha value is -3.93. The van der Waals surface area contributed by atoms with Gasteiger partial charge >= 0.3 is 0 Å². The fourth-order valence-corrected chi connectivity index (χ4v) is 4.14. The van der Waals surface area contributed by atoms with Crippen LogP contribution in [0.15, 0.2) is 85.2 Å². The maximum atomic E-state index is 13.6. The van der Waals surface area contributed by atoms with Gasteiger partial charge in [0.25, 0.3) is 11.8 Å². The molecule has 0 saturated heterocycles. The van der Waals surface area contributed by atoms with Crippen molar-refractivity contribution in [3.63, 3.8) is 0 Å². The Morgan fingerprint density at radius 2 is 1.79 bits per heavy atom. The number of fused-ring (bicyclic) bond motifs is 1. The fourth-order valence-electron chi connectivity index (χ4n) is 4.14. The van der Waals surface area contributed by atoms with Crippen molar-refractivity contribution in [1.82, 2.24) is 19.8 Å². The standard InChI is InChI=1S/C27H28N4O2/c1-30-18-15-21-11-8-12-23(25(21)30)27(33)31(2)22(19-20-9-4-3-5-10-20)14-17-29-26(32)24-13-6-7-16-28-24/h3-13,15-16,18,22H,14,17,19H2,1-2H3,(H,29,32)/t22-/m1/s1. The number of amides is 2. The third-order valence-electron chi connectivity index (χ3n) is 5.97. The Bertz CT molecular complexity index is 1230. The van der Waals surface area contributed by atoms with Crippen molar-refractivity contribution >= 4 is 22.7 Å². The molecule has 0 aliphatic heterocycles. The van der Waals surface area contributed by atoms with E-state index in [2.05, 4.69) is 22.4 Å². The molecule has 2 aromatic carbocycles. The molecule has 0 aliphatic carbocycles. The maximum Gasteiger partial charge on any atom is 0.269 e. The van der Waals surface area contributed by atoms with Gasteiger partial charge in [0.2, 0.25) is 0 Å². The first-order valence-electron chi connectivity index (χ1n) is 11.1. The molecule has 0 saturated carbocycles. The number of nitrogens with zero attached hydrogens (tertiary/aromatic N) is 3. The van der Waals surface area contributed by atoms with Crippen molar-refractivity contribution in [2.45, 2.75) is 18.9 Å². The summed E-state index contributed by atoms with van der Waals surface area (Å²) in [4.78, 5) is 31.9. The minimum absolute atomic E-state index is 0.0283. The predicted molar refractivity (Wildman–Crippen MR) is 130 cm³/mol. The van der Waals surface area contributed by atoms with E-state index in [1.54, 1.807) is 24.4 Å². The number of carbonyl (C=O) groups excluding carboxylic acids is 2. The lowest BCUT2D eigenvalue weighted by Crippen LogP contribution is -2.41. The van der Waals surface area contributed by atoms with E-state index < -0.39 is 0 Å². The van der Waals surface area contributed by atoms with E-state index in [9.17, 15) is 9.59 Å². The third-order valence-corrected chi connectivity index (χ3v) is 5.97. The molecule has 6 nitrogen and oxygen atoms in total. The van der Waals surface area contributed by atoms with Crippen molar-refractivity contribution in [1.29, 1.82) is 0 Å². The van der Waals surface area contributed by atoms with Gasteiger partial charge in [-0.1, -0.05) is 48.5 Å². The summed E-state index contributed by atoms with van der Waals surface area (Å²) in [6, 6.07) is 23.1. The molecule has 0 radical (unpaired) electrons. The molecule has 0 bridgehead atoms. The average molecular weight is 441 g/mol. The average Bonchev–Trinajstić information content (AvgIpc) is 3.24. The van der Waals surface area contributed by atoms with Gasteiger partial charge < -0.3 is 14.8 Å². The second-order valence-electron chi connectivity index (χ2n) is 8.19. The zero-order valence-corrected chi connectivity index (χ0v) is 18.9. The van der Waals surface area contributed by atoms with Crippen LogP contribution >= 0.6 is 0 Å². The molecule has 2 aromatic heterocycles. The largest absolute Gasteiger partial charge is 0.351 e. The van der Waals surface area contributed by atoms with Crippen LogP contribution in [0.3, 0.4) is 0 Å². The summed E-state index contributed by atoms with van der Waals surface area (Å²) in [5, 5.41) is 3.98. The molecule has 4 aromatic rings. The SMILES string of the molecule is CN(C(=O)c1cccc2ccn(C)c12)[C@H](CCNC(=O)c1ccccn1)Cc1ccccc1. The lowest BCUT2D eigenvalue weighted by Gasteiger charge is -2.29. The van der Waals surface area contributed by atoms with Gasteiger partial charge in [0.05, 0.1) is 11.1 Å². The monoisotopic (exact) mass is 440 g/mol. The van der Waals surface area contributed by atoms with Crippen LogP contribution in [0.4, 0.5) is 0 Å². The highest BCUT2D eigenvalue weighted by molar-refractivity contribution is 6.06. The first-order valence-corrected chi connectivity index (χ1v) is 11.1. The summed E-state index contributed by atoms with van der Waals surface area (Å²) >= 11 is 0. The van der Waals surface area contributed by atoms with E-state index in [1.807, 2.05) is 72.2 Å². The molecule has 0 aliphatic rings. The number of hydrogen-bond donors (Lipinski definition) is 1. The highest BCUT2D eigenvalue weighted by Crippen LogP contribution is 2.22. The number of para-hydroxylation sites is 1. The number of likely N-dealkylation sites (N-methyl/N-ethyl adjacent to an activating group) is 1. The molecule has 0 unspecified atom stereocenters. The molecule has 0 spiro atoms. The number of benzene rings is 2. The smallest absolute Gasteiger partial charge is 0.269 e. The van der Waals surface area contributed by atoms with Gasteiger partial charge in [-0.25, -0.2) is 0 Å². The van der Waals surface area contributed by atoms with Crippen LogP contribution in [0.1, 0.15) is 32.8 Å². The van der Waals surface area contributed by atoms with E-state index >= 15 is 0 Å². The van der Waals surface area contributed by atoms with E-state index in [0.717, 1.165) is 16.5 Å². The van der Waals surface area contributed by atoms with Crippen LogP contribution in [-0.2, 0) is 13.5 Å². The minimum Gasteiger partial charge on any atom is -0.351 e. The van der Waals surface area contributed by atoms with Crippen LogP contribution in [-0.4, -0.2) is 45.9 Å². The summed E-state index contributed by atoms with van der Waals surface area (Å²) in [5.41, 5.74) is 3.14. The maximum absolute atomic E-state index is 13.6. The molecular formula is C27H28N4O2. The molecule has 33 heavy (non-hydrogen) atoms. The van der Waals surface area contributed by atoms with E-state index in [1.165, 1.54) is 0 Å². The normalized spacial score (nSPS) is 11.8. The summed E-state index contributed by atoms with van der Waals surface area (Å²) in [5.74, 6) is -0.240. The molecule has 4 rings (SSSR count). The van der Waals surface area contributed by atoms with Gasteiger partial charge in [-0.05, 0) is 42.7 Å². The molecule has 1 N–H and O–H groups in total. The van der Waals surface area contributed by atoms with Crippen LogP contribution in [0.5, 0.6) is 0 Å². The first kappa shape index (κ1) is 22.3. The van der Waals surface area contributed by atoms with E-state index in [0.29, 0.717) is 30.6 Å². The lowest BCUT2D eigenvalue weighted by molar-refractivity contribution is 0.0724. The van der Waals surface area contributed by atoms with Gasteiger partial charge in [-0.3, -0.25) is 14.6 Å². The number of nitrogens with one attached hydrogen (secondary N) is 1. The number of hydrogen-bond acceptors (Lipinski definition) is 3. The topological polar surface area (TPSA) is 67.2 Å². The fraction of sp³-hybridized carbons (Fsp3) is 0.222. The number of aryl methyl sites for hydroxylation is 1. The highest BCUT2D eigenvalue weighted by atomic mass is 16.2. The minimum atomic E-state index is -0.211. The van der Waals surface area contributed by atoms with Gasteiger partial charge in [0, 0.05) is 44.5 Å². The second kappa shape index (κ2) is 10.1. The van der Waals surface area contributed by atoms with Crippen molar-refractivity contribution in [3.05, 3.63) is 102 Å². The number of carbonyl (C=O) groups is 2. The van der Waals surface area contributed by atoms with Gasteiger partial charge in [0.15, 0.2) is 0 Å². The second-order valence-corrected chi connectivity index (χ2v) is 8.19. The zero-order valence-electron chi connectivity index (χ0n) is 18.9. The Morgan fingerprint density at radius 1 is 1.00 bits per heavy atom. The lowest BCUT2D eigenvalue weighted by atomic mass is 10.0. The van der Waals surface area contributed by atoms with Crippen LogP contribution in [0.25, 0.3) is 10.9 Å². The molecule has 1 atom stereocenters. The Balaban J connectivity index is 1.52. The third kappa shape index (κ3) is 5.12. The summed E-state index contributed by atoms with van der Waals surface area (Å²) < 4.78 is 1.98. The van der Waals surface area contributed by atoms with E-state index in [-0.39, 0.29) is 17.9 Å².